The van der Waals surface area contributed by atoms with E-state index in [1.54, 1.807) is 0 Å². The van der Waals surface area contributed by atoms with Crippen LogP contribution in [0.4, 0.5) is 0 Å². The van der Waals surface area contributed by atoms with E-state index in [4.69, 9.17) is 5.73 Å². The van der Waals surface area contributed by atoms with Crippen molar-refractivity contribution < 1.29 is 9.59 Å². The Hall–Kier alpha value is 0.1000. The standard InChI is InChI=1S/C11H15Br2NO2/c1-9(2)8(16)11(13)4-3-10(9,7(11)12)5-6(14)15/h7H,3-5H2,1-2H3,(H2,14,15)/t7-,10-,11+/m0/s1. The summed E-state index contributed by atoms with van der Waals surface area (Å²) in [6.07, 6.45) is 1.91. The quantitative estimate of drug-likeness (QED) is 0.774. The van der Waals surface area contributed by atoms with Crippen LogP contribution in [0.5, 0.6) is 0 Å². The molecule has 1 amide bonds. The van der Waals surface area contributed by atoms with Crippen molar-refractivity contribution in [2.45, 2.75) is 42.3 Å². The minimum absolute atomic E-state index is 0.0116. The number of ketones is 1. The summed E-state index contributed by atoms with van der Waals surface area (Å²) in [6.45, 7) is 3.85. The van der Waals surface area contributed by atoms with Gasteiger partial charge >= 0.3 is 0 Å². The van der Waals surface area contributed by atoms with Crippen molar-refractivity contribution in [1.29, 1.82) is 0 Å². The van der Waals surface area contributed by atoms with Gasteiger partial charge < -0.3 is 5.73 Å². The topological polar surface area (TPSA) is 60.2 Å². The molecule has 0 aromatic rings. The molecule has 0 saturated heterocycles. The van der Waals surface area contributed by atoms with Crippen molar-refractivity contribution in [3.05, 3.63) is 0 Å². The van der Waals surface area contributed by atoms with E-state index in [9.17, 15) is 9.59 Å². The van der Waals surface area contributed by atoms with Gasteiger partial charge in [-0.15, -0.1) is 0 Å². The zero-order valence-electron chi connectivity index (χ0n) is 9.35. The lowest BCUT2D eigenvalue weighted by Crippen LogP contribution is -2.44. The number of alkyl halides is 2. The molecule has 16 heavy (non-hydrogen) atoms. The molecule has 2 aliphatic rings. The maximum Gasteiger partial charge on any atom is 0.218 e. The van der Waals surface area contributed by atoms with Gasteiger partial charge in [0.1, 0.15) is 0 Å². The maximum atomic E-state index is 12.4. The van der Waals surface area contributed by atoms with E-state index in [2.05, 4.69) is 31.9 Å². The molecule has 0 unspecified atom stereocenters. The number of halogens is 2. The van der Waals surface area contributed by atoms with Gasteiger partial charge in [0, 0.05) is 22.1 Å². The molecule has 5 heteroatoms. The number of fused-ring (bicyclic) bond motifs is 2. The van der Waals surface area contributed by atoms with Crippen LogP contribution < -0.4 is 5.73 Å². The van der Waals surface area contributed by atoms with Crippen molar-refractivity contribution in [2.24, 2.45) is 16.6 Å². The molecular formula is C11H15Br2NO2. The summed E-state index contributed by atoms with van der Waals surface area (Å²) in [5.74, 6) is -0.140. The molecule has 0 aliphatic heterocycles. The fourth-order valence-electron chi connectivity index (χ4n) is 3.41. The van der Waals surface area contributed by atoms with Crippen molar-refractivity contribution in [3.63, 3.8) is 0 Å². The molecule has 2 aliphatic carbocycles. The van der Waals surface area contributed by atoms with Gasteiger partial charge in [-0.05, 0) is 12.8 Å². The van der Waals surface area contributed by atoms with Gasteiger partial charge in [-0.1, -0.05) is 45.7 Å². The molecule has 0 aromatic carbocycles. The van der Waals surface area contributed by atoms with E-state index >= 15 is 0 Å². The molecule has 2 rings (SSSR count). The predicted molar refractivity (Wildman–Crippen MR) is 68.6 cm³/mol. The molecule has 3 atom stereocenters. The van der Waals surface area contributed by atoms with Gasteiger partial charge in [-0.2, -0.15) is 0 Å². The first kappa shape index (κ1) is 12.6. The second kappa shape index (κ2) is 3.31. The lowest BCUT2D eigenvalue weighted by atomic mass is 9.62. The fraction of sp³-hybridized carbons (Fsp3) is 0.818. The number of Topliss-reactive ketones (excluding diaryl/α,β-unsaturated/α-hetero) is 1. The van der Waals surface area contributed by atoms with E-state index in [1.807, 2.05) is 13.8 Å². The van der Waals surface area contributed by atoms with E-state index < -0.39 is 9.74 Å². The summed E-state index contributed by atoms with van der Waals surface area (Å²) in [5.41, 5.74) is 4.50. The minimum atomic E-state index is -0.508. The Bertz CT molecular complexity index is 382. The van der Waals surface area contributed by atoms with E-state index in [1.165, 1.54) is 0 Å². The van der Waals surface area contributed by atoms with E-state index in [-0.39, 0.29) is 28.4 Å². The molecule has 90 valence electrons. The van der Waals surface area contributed by atoms with Crippen molar-refractivity contribution in [3.8, 4) is 0 Å². The second-order valence-corrected chi connectivity index (χ2v) is 7.81. The fourth-order valence-corrected chi connectivity index (χ4v) is 5.94. The predicted octanol–water partition coefficient (Wildman–Crippen LogP) is 2.15. The number of rotatable bonds is 2. The first-order valence-electron chi connectivity index (χ1n) is 5.35. The highest BCUT2D eigenvalue weighted by Crippen LogP contribution is 2.70. The van der Waals surface area contributed by atoms with Gasteiger partial charge in [0.25, 0.3) is 0 Å². The Labute approximate surface area is 112 Å². The van der Waals surface area contributed by atoms with Crippen molar-refractivity contribution in [1.82, 2.24) is 0 Å². The van der Waals surface area contributed by atoms with E-state index in [0.29, 0.717) is 0 Å². The number of nitrogens with two attached hydrogens (primary N) is 1. The largest absolute Gasteiger partial charge is 0.370 e. The molecule has 2 bridgehead atoms. The average Bonchev–Trinajstić information content (AvgIpc) is 2.46. The zero-order valence-corrected chi connectivity index (χ0v) is 12.5. The van der Waals surface area contributed by atoms with Crippen molar-refractivity contribution in [2.75, 3.05) is 0 Å². The minimum Gasteiger partial charge on any atom is -0.370 e. The Morgan fingerprint density at radius 2 is 2.06 bits per heavy atom. The summed E-state index contributed by atoms with van der Waals surface area (Å²) in [4.78, 5) is 23.6. The molecule has 0 heterocycles. The summed E-state index contributed by atoms with van der Waals surface area (Å²) in [6, 6.07) is 0. The van der Waals surface area contributed by atoms with Crippen LogP contribution in [0.3, 0.4) is 0 Å². The first-order chi connectivity index (χ1) is 7.18. The van der Waals surface area contributed by atoms with Gasteiger partial charge in [-0.25, -0.2) is 0 Å². The number of carbonyl (C=O) groups excluding carboxylic acids is 2. The van der Waals surface area contributed by atoms with Crippen LogP contribution in [0.1, 0.15) is 33.1 Å². The zero-order chi connectivity index (χ0) is 12.4. The Morgan fingerprint density at radius 3 is 2.44 bits per heavy atom. The molecule has 2 fully saturated rings. The van der Waals surface area contributed by atoms with Crippen LogP contribution in [-0.2, 0) is 9.59 Å². The lowest BCUT2D eigenvalue weighted by molar-refractivity contribution is -0.133. The highest BCUT2D eigenvalue weighted by Gasteiger charge is 2.74. The lowest BCUT2D eigenvalue weighted by Gasteiger charge is -2.41. The Morgan fingerprint density at radius 1 is 1.50 bits per heavy atom. The van der Waals surface area contributed by atoms with Gasteiger partial charge in [-0.3, -0.25) is 9.59 Å². The number of hydrogen-bond acceptors (Lipinski definition) is 2. The van der Waals surface area contributed by atoms with Crippen LogP contribution in [0.15, 0.2) is 0 Å². The highest BCUT2D eigenvalue weighted by molar-refractivity contribution is 9.13. The summed E-state index contributed by atoms with van der Waals surface area (Å²) < 4.78 is -0.508. The third-order valence-corrected chi connectivity index (χ3v) is 7.99. The van der Waals surface area contributed by atoms with Crippen molar-refractivity contribution >= 4 is 43.6 Å². The number of amides is 1. The molecule has 2 N–H and O–H groups in total. The smallest absolute Gasteiger partial charge is 0.218 e. The molecule has 0 radical (unpaired) electrons. The molecule has 0 aromatic heterocycles. The van der Waals surface area contributed by atoms with E-state index in [0.717, 1.165) is 12.8 Å². The van der Waals surface area contributed by atoms with Crippen LogP contribution in [-0.4, -0.2) is 20.8 Å². The Balaban J connectivity index is 2.52. The normalized spacial score (nSPS) is 45.0. The van der Waals surface area contributed by atoms with Crippen LogP contribution in [0.25, 0.3) is 0 Å². The molecule has 2 saturated carbocycles. The number of carbonyl (C=O) groups is 2. The molecule has 0 spiro atoms. The van der Waals surface area contributed by atoms with Crippen LogP contribution >= 0.6 is 31.9 Å². The van der Waals surface area contributed by atoms with Gasteiger partial charge in [0.15, 0.2) is 5.78 Å². The third-order valence-electron chi connectivity index (χ3n) is 4.50. The monoisotopic (exact) mass is 351 g/mol. The third kappa shape index (κ3) is 1.19. The number of hydrogen-bond donors (Lipinski definition) is 1. The first-order valence-corrected chi connectivity index (χ1v) is 7.05. The summed E-state index contributed by atoms with van der Waals surface area (Å²) >= 11 is 7.18. The summed E-state index contributed by atoms with van der Waals surface area (Å²) in [7, 11) is 0. The van der Waals surface area contributed by atoms with Crippen LogP contribution in [0.2, 0.25) is 0 Å². The SMILES string of the molecule is CC1(C)C(=O)[C@@]2(Br)CC[C@]1(CC(N)=O)[C@@H]2Br. The van der Waals surface area contributed by atoms with Gasteiger partial charge in [0.05, 0.1) is 4.32 Å². The molecule has 3 nitrogen and oxygen atoms in total. The van der Waals surface area contributed by atoms with Crippen LogP contribution in [0, 0.1) is 10.8 Å². The van der Waals surface area contributed by atoms with Gasteiger partial charge in [0.2, 0.25) is 5.91 Å². The maximum absolute atomic E-state index is 12.4. The highest BCUT2D eigenvalue weighted by atomic mass is 79.9. The Kier molecular flexibility index (Phi) is 2.60. The second-order valence-electron chi connectivity index (χ2n) is 5.48. The summed E-state index contributed by atoms with van der Waals surface area (Å²) in [5, 5.41) is 0. The number of primary amides is 1. The average molecular weight is 353 g/mol. The molecular weight excluding hydrogens is 338 g/mol.